The molecule has 0 unspecified atom stereocenters. The molecule has 0 heterocycles. The molecule has 0 saturated heterocycles. The number of benzene rings is 4. The smallest absolute Gasteiger partial charge is 0.131 e. The Morgan fingerprint density at radius 1 is 0.538 bits per heavy atom. The van der Waals surface area contributed by atoms with Gasteiger partial charge in [-0.1, -0.05) is 97.1 Å². The fraction of sp³-hybridized carbons (Fsp3) is 0.0400. The fourth-order valence-electron chi connectivity index (χ4n) is 3.31. The summed E-state index contributed by atoms with van der Waals surface area (Å²) in [6, 6.07) is 33.9. The van der Waals surface area contributed by atoms with Gasteiger partial charge in [0.1, 0.15) is 5.82 Å². The minimum atomic E-state index is -0.175. The Bertz CT molecular complexity index is 1000. The van der Waals surface area contributed by atoms with Crippen molar-refractivity contribution in [3.8, 4) is 22.3 Å². The highest BCUT2D eigenvalue weighted by atomic mass is 19.1. The van der Waals surface area contributed by atoms with E-state index in [1.54, 1.807) is 6.07 Å². The van der Waals surface area contributed by atoms with Crippen LogP contribution in [0.25, 0.3) is 22.3 Å². The third-order valence-corrected chi connectivity index (χ3v) is 4.62. The Morgan fingerprint density at radius 2 is 1.12 bits per heavy atom. The van der Waals surface area contributed by atoms with Crippen molar-refractivity contribution in [1.82, 2.24) is 0 Å². The van der Waals surface area contributed by atoms with Crippen LogP contribution in [0, 0.1) is 5.82 Å². The van der Waals surface area contributed by atoms with Gasteiger partial charge in [-0.25, -0.2) is 4.39 Å². The average Bonchev–Trinajstić information content (AvgIpc) is 2.70. The summed E-state index contributed by atoms with van der Waals surface area (Å²) in [7, 11) is 0. The van der Waals surface area contributed by atoms with Gasteiger partial charge in [-0.15, -0.1) is 0 Å². The molecule has 126 valence electrons. The van der Waals surface area contributed by atoms with Crippen molar-refractivity contribution in [2.75, 3.05) is 0 Å². The molecule has 4 aromatic carbocycles. The molecule has 4 rings (SSSR count). The quantitative estimate of drug-likeness (QED) is 0.386. The van der Waals surface area contributed by atoms with E-state index in [4.69, 9.17) is 0 Å². The maximum atomic E-state index is 14.7. The van der Waals surface area contributed by atoms with Crippen molar-refractivity contribution in [2.45, 2.75) is 6.42 Å². The van der Waals surface area contributed by atoms with Crippen LogP contribution in [-0.2, 0) is 6.42 Å². The summed E-state index contributed by atoms with van der Waals surface area (Å²) >= 11 is 0. The first-order valence-corrected chi connectivity index (χ1v) is 8.78. The Hall–Kier alpha value is -3.19. The monoisotopic (exact) mass is 338 g/mol. The predicted molar refractivity (Wildman–Crippen MR) is 107 cm³/mol. The third kappa shape index (κ3) is 3.43. The van der Waals surface area contributed by atoms with Gasteiger partial charge < -0.3 is 0 Å². The van der Waals surface area contributed by atoms with Gasteiger partial charge >= 0.3 is 0 Å². The van der Waals surface area contributed by atoms with Crippen LogP contribution in [-0.4, -0.2) is 0 Å². The van der Waals surface area contributed by atoms with Gasteiger partial charge in [-0.3, -0.25) is 0 Å². The fourth-order valence-corrected chi connectivity index (χ4v) is 3.31. The number of rotatable bonds is 4. The zero-order valence-corrected chi connectivity index (χ0v) is 14.4. The molecule has 0 saturated carbocycles. The molecular formula is C25H19F. The zero-order valence-electron chi connectivity index (χ0n) is 14.4. The first-order valence-electron chi connectivity index (χ1n) is 8.78. The van der Waals surface area contributed by atoms with Crippen LogP contribution in [0.2, 0.25) is 0 Å². The zero-order chi connectivity index (χ0) is 17.8. The number of hydrogen-bond acceptors (Lipinski definition) is 0. The molecular weight excluding hydrogens is 319 g/mol. The first kappa shape index (κ1) is 16.3. The summed E-state index contributed by atoms with van der Waals surface area (Å²) in [6.07, 6.45) is 0.705. The minimum Gasteiger partial charge on any atom is -0.206 e. The molecule has 0 aliphatic carbocycles. The van der Waals surface area contributed by atoms with Gasteiger partial charge in [-0.2, -0.15) is 0 Å². The lowest BCUT2D eigenvalue weighted by Gasteiger charge is -2.11. The molecule has 0 aliphatic heterocycles. The normalized spacial score (nSPS) is 10.7. The molecule has 0 spiro atoms. The second-order valence-electron chi connectivity index (χ2n) is 6.38. The molecule has 0 N–H and O–H groups in total. The van der Waals surface area contributed by atoms with E-state index in [0.29, 0.717) is 12.0 Å². The van der Waals surface area contributed by atoms with E-state index in [1.165, 1.54) is 16.7 Å². The van der Waals surface area contributed by atoms with E-state index in [0.717, 1.165) is 11.1 Å². The third-order valence-electron chi connectivity index (χ3n) is 4.62. The van der Waals surface area contributed by atoms with Crippen molar-refractivity contribution in [3.05, 3.63) is 120 Å². The lowest BCUT2D eigenvalue weighted by molar-refractivity contribution is 0.629. The van der Waals surface area contributed by atoms with Gasteiger partial charge in [-0.05, 0) is 40.3 Å². The summed E-state index contributed by atoms with van der Waals surface area (Å²) < 4.78 is 14.7. The summed E-state index contributed by atoms with van der Waals surface area (Å²) in [5.74, 6) is -0.175. The molecule has 0 aromatic heterocycles. The van der Waals surface area contributed by atoms with Crippen LogP contribution in [0.5, 0.6) is 0 Å². The molecule has 0 aliphatic rings. The molecule has 0 amide bonds. The molecule has 0 bridgehead atoms. The topological polar surface area (TPSA) is 0 Å². The second kappa shape index (κ2) is 7.37. The van der Waals surface area contributed by atoms with Crippen molar-refractivity contribution in [1.29, 1.82) is 0 Å². The lowest BCUT2D eigenvalue weighted by atomic mass is 9.94. The first-order chi connectivity index (χ1) is 12.8. The van der Waals surface area contributed by atoms with Crippen molar-refractivity contribution in [3.63, 3.8) is 0 Å². The van der Waals surface area contributed by atoms with Crippen LogP contribution in [0.4, 0.5) is 4.39 Å². The number of hydrogen-bond donors (Lipinski definition) is 0. The minimum absolute atomic E-state index is 0.175. The summed E-state index contributed by atoms with van der Waals surface area (Å²) in [6.45, 7) is 0. The molecule has 0 nitrogen and oxygen atoms in total. The molecule has 26 heavy (non-hydrogen) atoms. The van der Waals surface area contributed by atoms with Gasteiger partial charge in [0.2, 0.25) is 0 Å². The lowest BCUT2D eigenvalue weighted by Crippen LogP contribution is -1.94. The van der Waals surface area contributed by atoms with E-state index in [-0.39, 0.29) is 5.82 Å². The highest BCUT2D eigenvalue weighted by molar-refractivity contribution is 5.68. The van der Waals surface area contributed by atoms with E-state index >= 15 is 0 Å². The summed E-state index contributed by atoms with van der Waals surface area (Å²) in [5, 5.41) is 0. The van der Waals surface area contributed by atoms with Crippen LogP contribution in [0.15, 0.2) is 103 Å². The van der Waals surface area contributed by atoms with Gasteiger partial charge in [0.05, 0.1) is 0 Å². The number of halogens is 1. The molecule has 4 aromatic rings. The van der Waals surface area contributed by atoms with Gasteiger partial charge in [0.15, 0.2) is 0 Å². The van der Waals surface area contributed by atoms with E-state index in [9.17, 15) is 4.39 Å². The average molecular weight is 338 g/mol. The van der Waals surface area contributed by atoms with Crippen molar-refractivity contribution in [2.24, 2.45) is 0 Å². The molecule has 0 atom stereocenters. The Balaban J connectivity index is 1.66. The van der Waals surface area contributed by atoms with Crippen LogP contribution in [0.1, 0.15) is 11.1 Å². The van der Waals surface area contributed by atoms with E-state index in [1.807, 2.05) is 72.8 Å². The van der Waals surface area contributed by atoms with Gasteiger partial charge in [0.25, 0.3) is 0 Å². The molecule has 1 heteroatoms. The molecule has 0 fully saturated rings. The highest BCUT2D eigenvalue weighted by Crippen LogP contribution is 2.28. The largest absolute Gasteiger partial charge is 0.206 e. The van der Waals surface area contributed by atoms with E-state index < -0.39 is 0 Å². The Labute approximate surface area is 153 Å². The Kier molecular flexibility index (Phi) is 4.61. The Morgan fingerprint density at radius 3 is 1.77 bits per heavy atom. The summed E-state index contributed by atoms with van der Waals surface area (Å²) in [5.41, 5.74) is 6.10. The maximum absolute atomic E-state index is 14.7. The SMILES string of the molecule is Fc1cc(Cc2ccccc2-c2ccccc2)ccc1-c1ccccc1. The van der Waals surface area contributed by atoms with Crippen molar-refractivity contribution < 1.29 is 4.39 Å². The van der Waals surface area contributed by atoms with Crippen LogP contribution >= 0.6 is 0 Å². The predicted octanol–water partition coefficient (Wildman–Crippen LogP) is 6.75. The van der Waals surface area contributed by atoms with Crippen LogP contribution in [0.3, 0.4) is 0 Å². The highest BCUT2D eigenvalue weighted by Gasteiger charge is 2.09. The summed E-state index contributed by atoms with van der Waals surface area (Å²) in [4.78, 5) is 0. The standard InChI is InChI=1S/C25H19F/c26-25-18-19(15-16-24(25)21-11-5-2-6-12-21)17-22-13-7-8-14-23(22)20-9-3-1-4-10-20/h1-16,18H,17H2. The van der Waals surface area contributed by atoms with Gasteiger partial charge in [0, 0.05) is 5.56 Å². The van der Waals surface area contributed by atoms with E-state index in [2.05, 4.69) is 24.3 Å². The molecule has 0 radical (unpaired) electrons. The second-order valence-corrected chi connectivity index (χ2v) is 6.38. The van der Waals surface area contributed by atoms with Crippen LogP contribution < -0.4 is 0 Å². The van der Waals surface area contributed by atoms with Crippen molar-refractivity contribution >= 4 is 0 Å². The maximum Gasteiger partial charge on any atom is 0.131 e.